The van der Waals surface area contributed by atoms with Gasteiger partial charge in [0, 0.05) is 32.7 Å². The number of amides is 1. The van der Waals surface area contributed by atoms with Crippen LogP contribution in [0.25, 0.3) is 0 Å². The summed E-state index contributed by atoms with van der Waals surface area (Å²) < 4.78 is 39.4. The summed E-state index contributed by atoms with van der Waals surface area (Å²) in [5.74, 6) is -0.452. The number of nitrogens with zero attached hydrogens (tertiary/aromatic N) is 3. The lowest BCUT2D eigenvalue weighted by molar-refractivity contribution is -0.137. The van der Waals surface area contributed by atoms with Gasteiger partial charge >= 0.3 is 6.18 Å². The number of rotatable bonds is 5. The van der Waals surface area contributed by atoms with Gasteiger partial charge in [-0.25, -0.2) is 0 Å². The van der Waals surface area contributed by atoms with Gasteiger partial charge in [0.2, 0.25) is 5.91 Å². The molecule has 1 atom stereocenters. The van der Waals surface area contributed by atoms with E-state index in [-0.39, 0.29) is 5.69 Å². The quantitative estimate of drug-likeness (QED) is 0.807. The van der Waals surface area contributed by atoms with E-state index >= 15 is 0 Å². The molecule has 1 saturated heterocycles. The summed E-state index contributed by atoms with van der Waals surface area (Å²) in [6, 6.07) is 14.0. The number of halogens is 3. The first kappa shape index (κ1) is 21.8. The molecule has 2 aromatic rings. The Morgan fingerprint density at radius 3 is 2.33 bits per heavy atom. The lowest BCUT2D eigenvalue weighted by Gasteiger charge is -2.37. The highest BCUT2D eigenvalue weighted by Crippen LogP contribution is 2.34. The largest absolute Gasteiger partial charge is 0.418 e. The molecule has 8 heteroatoms. The normalized spacial score (nSPS) is 16.6. The summed E-state index contributed by atoms with van der Waals surface area (Å²) in [5.41, 5.74) is 0.659. The van der Waals surface area contributed by atoms with Crippen LogP contribution in [0.2, 0.25) is 0 Å². The van der Waals surface area contributed by atoms with Crippen LogP contribution in [0.4, 0.5) is 18.9 Å². The van der Waals surface area contributed by atoms with Crippen molar-refractivity contribution >= 4 is 11.6 Å². The summed E-state index contributed by atoms with van der Waals surface area (Å²) in [7, 11) is 0. The number of carbonyl (C=O) groups is 1. The number of hydrogen-bond acceptors (Lipinski definition) is 4. The number of carbonyl (C=O) groups excluding carboxylic acids is 1. The van der Waals surface area contributed by atoms with E-state index in [0.29, 0.717) is 18.7 Å². The van der Waals surface area contributed by atoms with E-state index in [0.717, 1.165) is 31.3 Å². The van der Waals surface area contributed by atoms with E-state index in [1.807, 2.05) is 17.0 Å². The number of nitriles is 1. The van der Waals surface area contributed by atoms with Crippen LogP contribution < -0.4 is 5.32 Å². The third-order valence-electron chi connectivity index (χ3n) is 5.31. The van der Waals surface area contributed by atoms with Crippen LogP contribution in [0.3, 0.4) is 0 Å². The third-order valence-corrected chi connectivity index (χ3v) is 5.31. The Hall–Kier alpha value is -2.89. The maximum atomic E-state index is 13.1. The van der Waals surface area contributed by atoms with Crippen LogP contribution in [-0.4, -0.2) is 47.9 Å². The van der Waals surface area contributed by atoms with Gasteiger partial charge in [-0.1, -0.05) is 24.3 Å². The number of nitrogens with one attached hydrogen (secondary N) is 1. The number of anilines is 1. The van der Waals surface area contributed by atoms with Gasteiger partial charge in [0.05, 0.1) is 28.9 Å². The predicted octanol–water partition coefficient (Wildman–Crippen LogP) is 3.72. The van der Waals surface area contributed by atoms with E-state index in [4.69, 9.17) is 5.26 Å². The van der Waals surface area contributed by atoms with Crippen molar-refractivity contribution in [1.82, 2.24) is 9.80 Å². The van der Waals surface area contributed by atoms with Crippen molar-refractivity contribution in [2.75, 3.05) is 31.5 Å². The van der Waals surface area contributed by atoms with E-state index in [1.165, 1.54) is 18.2 Å². The van der Waals surface area contributed by atoms with Crippen LogP contribution in [0, 0.1) is 11.3 Å². The Morgan fingerprint density at radius 1 is 1.10 bits per heavy atom. The molecule has 158 valence electrons. The fourth-order valence-corrected chi connectivity index (χ4v) is 3.49. The van der Waals surface area contributed by atoms with Gasteiger partial charge in [0.25, 0.3) is 0 Å². The van der Waals surface area contributed by atoms with Crippen molar-refractivity contribution in [2.45, 2.75) is 25.7 Å². The highest BCUT2D eigenvalue weighted by Gasteiger charge is 2.34. The first-order valence-electron chi connectivity index (χ1n) is 9.70. The molecule has 1 unspecified atom stereocenters. The predicted molar refractivity (Wildman–Crippen MR) is 108 cm³/mol. The van der Waals surface area contributed by atoms with Crippen molar-refractivity contribution in [1.29, 1.82) is 5.26 Å². The summed E-state index contributed by atoms with van der Waals surface area (Å²) in [4.78, 5) is 16.8. The number of para-hydroxylation sites is 1. The molecular formula is C22H23F3N4O. The van der Waals surface area contributed by atoms with Crippen molar-refractivity contribution in [2.24, 2.45) is 0 Å². The van der Waals surface area contributed by atoms with Crippen molar-refractivity contribution in [3.63, 3.8) is 0 Å². The van der Waals surface area contributed by atoms with E-state index < -0.39 is 23.7 Å². The Morgan fingerprint density at radius 2 is 1.73 bits per heavy atom. The zero-order chi connectivity index (χ0) is 21.7. The SMILES string of the molecule is CC(C(=O)Nc1ccccc1C(F)(F)F)N1CCN(Cc2ccc(C#N)cc2)CC1. The van der Waals surface area contributed by atoms with Gasteiger partial charge in [-0.2, -0.15) is 18.4 Å². The molecule has 0 spiro atoms. The molecule has 0 saturated carbocycles. The van der Waals surface area contributed by atoms with E-state index in [9.17, 15) is 18.0 Å². The smallest absolute Gasteiger partial charge is 0.324 e. The van der Waals surface area contributed by atoms with Gasteiger partial charge < -0.3 is 5.32 Å². The Balaban J connectivity index is 1.54. The van der Waals surface area contributed by atoms with Crippen molar-refractivity contribution in [3.05, 3.63) is 65.2 Å². The number of benzene rings is 2. The van der Waals surface area contributed by atoms with E-state index in [1.54, 1.807) is 19.1 Å². The second-order valence-corrected chi connectivity index (χ2v) is 7.33. The molecular weight excluding hydrogens is 393 g/mol. The molecule has 2 aromatic carbocycles. The molecule has 0 aromatic heterocycles. The molecule has 1 aliphatic heterocycles. The standard InChI is InChI=1S/C22H23F3N4O/c1-16(21(30)27-20-5-3-2-4-19(20)22(23,24)25)29-12-10-28(11-13-29)15-18-8-6-17(14-26)7-9-18/h2-9,16H,10-13,15H2,1H3,(H,27,30). The monoisotopic (exact) mass is 416 g/mol. The molecule has 30 heavy (non-hydrogen) atoms. The topological polar surface area (TPSA) is 59.4 Å². The lowest BCUT2D eigenvalue weighted by Crippen LogP contribution is -2.52. The molecule has 1 fully saturated rings. The molecule has 1 heterocycles. The maximum absolute atomic E-state index is 13.1. The van der Waals surface area contributed by atoms with Crippen molar-refractivity contribution in [3.8, 4) is 6.07 Å². The highest BCUT2D eigenvalue weighted by molar-refractivity contribution is 5.95. The summed E-state index contributed by atoms with van der Waals surface area (Å²) in [5, 5.41) is 11.3. The fraction of sp³-hybridized carbons (Fsp3) is 0.364. The second-order valence-electron chi connectivity index (χ2n) is 7.33. The average molecular weight is 416 g/mol. The van der Waals surface area contributed by atoms with Gasteiger partial charge in [-0.3, -0.25) is 14.6 Å². The first-order valence-corrected chi connectivity index (χ1v) is 9.70. The maximum Gasteiger partial charge on any atom is 0.418 e. The molecule has 1 amide bonds. The van der Waals surface area contributed by atoms with Crippen LogP contribution >= 0.6 is 0 Å². The summed E-state index contributed by atoms with van der Waals surface area (Å²) in [6.45, 7) is 5.24. The van der Waals surface area contributed by atoms with Crippen molar-refractivity contribution < 1.29 is 18.0 Å². The average Bonchev–Trinajstić information content (AvgIpc) is 2.74. The van der Waals surface area contributed by atoms with Gasteiger partial charge in [0.1, 0.15) is 0 Å². The lowest BCUT2D eigenvalue weighted by atomic mass is 10.1. The van der Waals surface area contributed by atoms with E-state index in [2.05, 4.69) is 16.3 Å². The Labute approximate surface area is 173 Å². The van der Waals surface area contributed by atoms with Crippen LogP contribution in [0.15, 0.2) is 48.5 Å². The molecule has 5 nitrogen and oxygen atoms in total. The zero-order valence-electron chi connectivity index (χ0n) is 16.6. The summed E-state index contributed by atoms with van der Waals surface area (Å²) >= 11 is 0. The number of hydrogen-bond donors (Lipinski definition) is 1. The molecule has 1 N–H and O–H groups in total. The molecule has 3 rings (SSSR count). The molecule has 0 bridgehead atoms. The van der Waals surface area contributed by atoms with Crippen LogP contribution in [0.1, 0.15) is 23.6 Å². The Bertz CT molecular complexity index is 913. The van der Waals surface area contributed by atoms with Gasteiger partial charge in [-0.15, -0.1) is 0 Å². The van der Waals surface area contributed by atoms with Crippen LogP contribution in [0.5, 0.6) is 0 Å². The minimum atomic E-state index is -4.52. The van der Waals surface area contributed by atoms with Gasteiger partial charge in [-0.05, 0) is 36.8 Å². The second kappa shape index (κ2) is 9.28. The molecule has 0 radical (unpaired) electrons. The first-order chi connectivity index (χ1) is 14.3. The highest BCUT2D eigenvalue weighted by atomic mass is 19.4. The zero-order valence-corrected chi connectivity index (χ0v) is 16.6. The summed E-state index contributed by atoms with van der Waals surface area (Å²) in [6.07, 6.45) is -4.52. The minimum Gasteiger partial charge on any atom is -0.324 e. The number of piperazine rings is 1. The van der Waals surface area contributed by atoms with Crippen LogP contribution in [-0.2, 0) is 17.5 Å². The minimum absolute atomic E-state index is 0.221. The number of alkyl halides is 3. The Kier molecular flexibility index (Phi) is 6.75. The molecule has 1 aliphatic rings. The van der Waals surface area contributed by atoms with Gasteiger partial charge in [0.15, 0.2) is 0 Å². The fourth-order valence-electron chi connectivity index (χ4n) is 3.49. The molecule has 0 aliphatic carbocycles. The third kappa shape index (κ3) is 5.38.